The van der Waals surface area contributed by atoms with Crippen molar-refractivity contribution in [3.63, 3.8) is 0 Å². The van der Waals surface area contributed by atoms with E-state index in [0.29, 0.717) is 17.5 Å². The molecular formula is C18H22ClNO2. The first kappa shape index (κ1) is 14.5. The third-order valence-electron chi connectivity index (χ3n) is 6.93. The maximum atomic E-state index is 12.9. The molecule has 1 heterocycles. The van der Waals surface area contributed by atoms with Gasteiger partial charge in [-0.05, 0) is 42.9 Å². The van der Waals surface area contributed by atoms with Gasteiger partial charge in [-0.25, -0.2) is 0 Å². The molecule has 118 valence electrons. The van der Waals surface area contributed by atoms with E-state index in [-0.39, 0.29) is 16.7 Å². The van der Waals surface area contributed by atoms with Crippen LogP contribution >= 0.6 is 11.6 Å². The molecule has 3 fully saturated rings. The quantitative estimate of drug-likeness (QED) is 0.925. The van der Waals surface area contributed by atoms with Crippen LogP contribution in [0.15, 0.2) is 24.3 Å². The van der Waals surface area contributed by atoms with Crippen molar-refractivity contribution < 1.29 is 9.53 Å². The summed E-state index contributed by atoms with van der Waals surface area (Å²) in [4.78, 5) is 12.9. The molecular weight excluding hydrogens is 298 g/mol. The van der Waals surface area contributed by atoms with E-state index >= 15 is 0 Å². The lowest BCUT2D eigenvalue weighted by Gasteiger charge is -2.40. The van der Waals surface area contributed by atoms with E-state index in [1.54, 1.807) is 0 Å². The van der Waals surface area contributed by atoms with Crippen LogP contribution < -0.4 is 5.32 Å². The molecule has 1 aliphatic heterocycles. The minimum atomic E-state index is -0.614. The zero-order valence-electron chi connectivity index (χ0n) is 13.1. The predicted molar refractivity (Wildman–Crippen MR) is 85.5 cm³/mol. The lowest BCUT2D eigenvalue weighted by atomic mass is 9.66. The summed E-state index contributed by atoms with van der Waals surface area (Å²) in [6.07, 6.45) is 3.22. The molecule has 0 spiro atoms. The van der Waals surface area contributed by atoms with Crippen LogP contribution in [0.1, 0.15) is 38.7 Å². The van der Waals surface area contributed by atoms with Gasteiger partial charge in [0.15, 0.2) is 5.60 Å². The standard InChI is InChI=1S/C18H22ClNO2/c1-16-11-22-18(9-13(16)7-8-17(16,18)2)15(21)20-10-12-3-5-14(19)6-4-12/h3-6,13H,7-11H2,1-2H3,(H,20,21). The highest BCUT2D eigenvalue weighted by atomic mass is 35.5. The third kappa shape index (κ3) is 1.59. The average Bonchev–Trinajstić information content (AvgIpc) is 2.98. The SMILES string of the molecule is CC12COC3(C(=O)NCc4ccc(Cl)cc4)CC1CCC32C. The van der Waals surface area contributed by atoms with Crippen molar-refractivity contribution in [3.8, 4) is 0 Å². The van der Waals surface area contributed by atoms with E-state index in [1.165, 1.54) is 6.42 Å². The minimum absolute atomic E-state index is 0.0191. The van der Waals surface area contributed by atoms with Crippen molar-refractivity contribution in [1.82, 2.24) is 5.32 Å². The Hall–Kier alpha value is -1.06. The van der Waals surface area contributed by atoms with Crippen molar-refractivity contribution >= 4 is 17.5 Å². The summed E-state index contributed by atoms with van der Waals surface area (Å²) < 4.78 is 6.12. The summed E-state index contributed by atoms with van der Waals surface area (Å²) >= 11 is 5.90. The summed E-state index contributed by atoms with van der Waals surface area (Å²) in [6.45, 7) is 5.82. The number of hydrogen-bond acceptors (Lipinski definition) is 2. The van der Waals surface area contributed by atoms with Crippen molar-refractivity contribution in [2.45, 2.75) is 45.3 Å². The second-order valence-corrected chi connectivity index (χ2v) is 8.05. The van der Waals surface area contributed by atoms with Gasteiger partial charge >= 0.3 is 0 Å². The van der Waals surface area contributed by atoms with Crippen LogP contribution in [0.25, 0.3) is 0 Å². The normalized spacial score (nSPS) is 41.9. The molecule has 1 aromatic rings. The monoisotopic (exact) mass is 319 g/mol. The van der Waals surface area contributed by atoms with E-state index in [1.807, 2.05) is 24.3 Å². The van der Waals surface area contributed by atoms with Crippen LogP contribution in [0.3, 0.4) is 0 Å². The van der Waals surface area contributed by atoms with Crippen molar-refractivity contribution in [2.24, 2.45) is 16.7 Å². The Morgan fingerprint density at radius 2 is 2.09 bits per heavy atom. The summed E-state index contributed by atoms with van der Waals surface area (Å²) in [5, 5.41) is 3.81. The van der Waals surface area contributed by atoms with Crippen LogP contribution in [0, 0.1) is 16.7 Å². The molecule has 1 amide bonds. The molecule has 1 saturated heterocycles. The van der Waals surface area contributed by atoms with Gasteiger partial charge in [-0.1, -0.05) is 37.6 Å². The van der Waals surface area contributed by atoms with Gasteiger partial charge < -0.3 is 10.1 Å². The Morgan fingerprint density at radius 1 is 1.36 bits per heavy atom. The van der Waals surface area contributed by atoms with Gasteiger partial charge in [-0.2, -0.15) is 0 Å². The maximum Gasteiger partial charge on any atom is 0.253 e. The first-order valence-corrected chi connectivity index (χ1v) is 8.46. The number of ether oxygens (including phenoxy) is 1. The first-order chi connectivity index (χ1) is 10.4. The number of nitrogens with one attached hydrogen (secondary N) is 1. The second-order valence-electron chi connectivity index (χ2n) is 7.61. The number of halogens is 1. The summed E-state index contributed by atoms with van der Waals surface area (Å²) in [5.41, 5.74) is 0.597. The van der Waals surface area contributed by atoms with Crippen LogP contribution in [0.4, 0.5) is 0 Å². The highest BCUT2D eigenvalue weighted by Gasteiger charge is 2.78. The molecule has 4 bridgehead atoms. The van der Waals surface area contributed by atoms with Gasteiger partial charge in [0.05, 0.1) is 6.61 Å². The summed E-state index contributed by atoms with van der Waals surface area (Å²) in [6, 6.07) is 7.59. The molecule has 3 aliphatic rings. The summed E-state index contributed by atoms with van der Waals surface area (Å²) in [7, 11) is 0. The number of carbonyl (C=O) groups excluding carboxylic acids is 1. The molecule has 4 heteroatoms. The zero-order chi connectivity index (χ0) is 15.6. The predicted octanol–water partition coefficient (Wildman–Crippen LogP) is 3.55. The fourth-order valence-corrected chi connectivity index (χ4v) is 5.31. The van der Waals surface area contributed by atoms with E-state index in [9.17, 15) is 4.79 Å². The first-order valence-electron chi connectivity index (χ1n) is 8.08. The van der Waals surface area contributed by atoms with Gasteiger partial charge in [0.25, 0.3) is 5.91 Å². The summed E-state index contributed by atoms with van der Waals surface area (Å²) in [5.74, 6) is 0.698. The third-order valence-corrected chi connectivity index (χ3v) is 7.18. The molecule has 0 radical (unpaired) electrons. The van der Waals surface area contributed by atoms with Gasteiger partial charge in [0, 0.05) is 22.4 Å². The Balaban J connectivity index is 1.53. The van der Waals surface area contributed by atoms with Gasteiger partial charge in [0.2, 0.25) is 0 Å². The lowest BCUT2D eigenvalue weighted by molar-refractivity contribution is -0.155. The molecule has 3 nitrogen and oxygen atoms in total. The van der Waals surface area contributed by atoms with Gasteiger partial charge in [-0.15, -0.1) is 0 Å². The highest BCUT2D eigenvalue weighted by Crippen LogP contribution is 2.74. The number of carbonyl (C=O) groups is 1. The average molecular weight is 320 g/mol. The van der Waals surface area contributed by atoms with Gasteiger partial charge in [-0.3, -0.25) is 4.79 Å². The smallest absolute Gasteiger partial charge is 0.253 e. The van der Waals surface area contributed by atoms with E-state index in [4.69, 9.17) is 16.3 Å². The molecule has 4 rings (SSSR count). The molecule has 1 aromatic carbocycles. The number of rotatable bonds is 3. The highest BCUT2D eigenvalue weighted by molar-refractivity contribution is 6.30. The Labute approximate surface area is 136 Å². The Kier molecular flexibility index (Phi) is 2.96. The number of benzene rings is 1. The van der Waals surface area contributed by atoms with Crippen molar-refractivity contribution in [1.29, 1.82) is 0 Å². The number of amides is 1. The van der Waals surface area contributed by atoms with Crippen LogP contribution in [0.5, 0.6) is 0 Å². The topological polar surface area (TPSA) is 38.3 Å². The zero-order valence-corrected chi connectivity index (χ0v) is 13.9. The van der Waals surface area contributed by atoms with E-state index in [0.717, 1.165) is 25.0 Å². The minimum Gasteiger partial charge on any atom is -0.364 e. The Morgan fingerprint density at radius 3 is 2.73 bits per heavy atom. The molecule has 4 unspecified atom stereocenters. The number of hydrogen-bond donors (Lipinski definition) is 1. The molecule has 2 aliphatic carbocycles. The molecule has 2 saturated carbocycles. The molecule has 22 heavy (non-hydrogen) atoms. The van der Waals surface area contributed by atoms with Gasteiger partial charge in [0.1, 0.15) is 0 Å². The molecule has 4 atom stereocenters. The van der Waals surface area contributed by atoms with E-state index < -0.39 is 5.60 Å². The van der Waals surface area contributed by atoms with Crippen molar-refractivity contribution in [3.05, 3.63) is 34.9 Å². The van der Waals surface area contributed by atoms with Crippen LogP contribution in [-0.2, 0) is 16.1 Å². The van der Waals surface area contributed by atoms with Crippen molar-refractivity contribution in [2.75, 3.05) is 6.61 Å². The Bertz CT molecular complexity index is 630. The molecule has 1 N–H and O–H groups in total. The largest absolute Gasteiger partial charge is 0.364 e. The van der Waals surface area contributed by atoms with Crippen LogP contribution in [-0.4, -0.2) is 18.1 Å². The second kappa shape index (κ2) is 4.48. The fourth-order valence-electron chi connectivity index (χ4n) is 5.18. The lowest BCUT2D eigenvalue weighted by Crippen LogP contribution is -2.55. The fraction of sp³-hybridized carbons (Fsp3) is 0.611. The maximum absolute atomic E-state index is 12.9. The van der Waals surface area contributed by atoms with E-state index in [2.05, 4.69) is 19.2 Å². The molecule has 0 aromatic heterocycles. The van der Waals surface area contributed by atoms with Crippen LogP contribution in [0.2, 0.25) is 5.02 Å².